The second kappa shape index (κ2) is 7.54. The summed E-state index contributed by atoms with van der Waals surface area (Å²) in [5.74, 6) is -0.0752. The molecule has 136 valence electrons. The minimum absolute atomic E-state index is 0. The van der Waals surface area contributed by atoms with Gasteiger partial charge in [0.1, 0.15) is 0 Å². The highest BCUT2D eigenvalue weighted by Crippen LogP contribution is 2.28. The van der Waals surface area contributed by atoms with Gasteiger partial charge >= 0.3 is 0 Å². The second-order valence-electron chi connectivity index (χ2n) is 6.85. The molecule has 3 rings (SSSR count). The number of hydrogen-bond donors (Lipinski definition) is 1. The smallest absolute Gasteiger partial charge is 0.274 e. The third-order valence-corrected chi connectivity index (χ3v) is 5.31. The Hall–Kier alpha value is -1.27. The molecule has 0 bridgehead atoms. The zero-order valence-corrected chi connectivity index (χ0v) is 16.4. The first kappa shape index (κ1) is 20.0. The van der Waals surface area contributed by atoms with Crippen LogP contribution in [0.15, 0.2) is 30.5 Å². The second-order valence-corrected chi connectivity index (χ2v) is 7.67. The summed E-state index contributed by atoms with van der Waals surface area (Å²) in [5.41, 5.74) is 7.21. The van der Waals surface area contributed by atoms with E-state index in [2.05, 4.69) is 18.9 Å². The minimum atomic E-state index is -0.0970. The molecule has 1 aliphatic rings. The summed E-state index contributed by atoms with van der Waals surface area (Å²) in [6.45, 7) is 5.46. The van der Waals surface area contributed by atoms with Gasteiger partial charge in [-0.3, -0.25) is 4.79 Å². The molecule has 0 saturated carbocycles. The number of halogens is 3. The van der Waals surface area contributed by atoms with Gasteiger partial charge in [-0.15, -0.1) is 12.4 Å². The molecule has 0 radical (unpaired) electrons. The normalized spacial score (nSPS) is 19.4. The Morgan fingerprint density at radius 2 is 2.00 bits per heavy atom. The van der Waals surface area contributed by atoms with Crippen molar-refractivity contribution in [1.29, 1.82) is 0 Å². The van der Waals surface area contributed by atoms with Gasteiger partial charge in [0.05, 0.1) is 15.7 Å². The summed E-state index contributed by atoms with van der Waals surface area (Å²) in [7, 11) is 0. The minimum Gasteiger partial charge on any atom is -0.337 e. The van der Waals surface area contributed by atoms with E-state index in [4.69, 9.17) is 28.9 Å². The molecule has 0 aliphatic carbocycles. The van der Waals surface area contributed by atoms with Gasteiger partial charge in [-0.25, -0.2) is 4.68 Å². The van der Waals surface area contributed by atoms with Gasteiger partial charge in [0.25, 0.3) is 5.91 Å². The summed E-state index contributed by atoms with van der Waals surface area (Å²) < 4.78 is 1.62. The number of carbonyl (C=O) groups is 1. The molecule has 25 heavy (non-hydrogen) atoms. The summed E-state index contributed by atoms with van der Waals surface area (Å²) in [6.07, 6.45) is 2.54. The first-order valence-corrected chi connectivity index (χ1v) is 8.59. The van der Waals surface area contributed by atoms with E-state index >= 15 is 0 Å². The Kier molecular flexibility index (Phi) is 6.05. The van der Waals surface area contributed by atoms with E-state index in [9.17, 15) is 4.79 Å². The molecule has 1 amide bonds. The fourth-order valence-electron chi connectivity index (χ4n) is 2.92. The van der Waals surface area contributed by atoms with E-state index < -0.39 is 0 Å². The summed E-state index contributed by atoms with van der Waals surface area (Å²) in [6, 6.07) is 7.05. The van der Waals surface area contributed by atoms with E-state index in [-0.39, 0.29) is 29.8 Å². The largest absolute Gasteiger partial charge is 0.337 e. The molecule has 2 N–H and O–H groups in total. The molecule has 1 aliphatic heterocycles. The number of hydrogen-bond acceptors (Lipinski definition) is 3. The number of piperidine rings is 1. The Labute approximate surface area is 163 Å². The highest BCUT2D eigenvalue weighted by atomic mass is 35.5. The Bertz CT molecular complexity index is 775. The third kappa shape index (κ3) is 4.11. The number of benzene rings is 1. The van der Waals surface area contributed by atoms with Crippen LogP contribution in [0.3, 0.4) is 0 Å². The number of carbonyl (C=O) groups excluding carboxylic acids is 1. The third-order valence-electron chi connectivity index (χ3n) is 4.58. The van der Waals surface area contributed by atoms with Crippen LogP contribution in [0.5, 0.6) is 0 Å². The molecule has 2 aromatic rings. The first-order chi connectivity index (χ1) is 11.3. The van der Waals surface area contributed by atoms with Crippen molar-refractivity contribution in [3.63, 3.8) is 0 Å². The van der Waals surface area contributed by atoms with E-state index in [1.807, 2.05) is 4.90 Å². The summed E-state index contributed by atoms with van der Waals surface area (Å²) in [4.78, 5) is 14.5. The molecule has 0 spiro atoms. The van der Waals surface area contributed by atoms with Crippen LogP contribution in [-0.4, -0.2) is 39.7 Å². The number of nitrogens with zero attached hydrogens (tertiary/aromatic N) is 3. The standard InChI is InChI=1S/C17H20Cl2N4O.ClH/c1-17(2)10-22(7-6-15(17)20)16(24)14-5-8-23(21-14)11-3-4-12(18)13(19)9-11;/h3-5,8-9,15H,6-7,10,20H2,1-2H3;1H. The quantitative estimate of drug-likeness (QED) is 0.829. The lowest BCUT2D eigenvalue weighted by Gasteiger charge is -2.42. The van der Waals surface area contributed by atoms with Crippen LogP contribution < -0.4 is 5.73 Å². The maximum absolute atomic E-state index is 12.7. The predicted molar refractivity (Wildman–Crippen MR) is 103 cm³/mol. The van der Waals surface area contributed by atoms with Crippen LogP contribution >= 0.6 is 35.6 Å². The maximum Gasteiger partial charge on any atom is 0.274 e. The number of rotatable bonds is 2. The Balaban J connectivity index is 0.00000225. The van der Waals surface area contributed by atoms with Crippen LogP contribution in [0.4, 0.5) is 0 Å². The molecular formula is C17H21Cl3N4O. The molecule has 5 nitrogen and oxygen atoms in total. The lowest BCUT2D eigenvalue weighted by Crippen LogP contribution is -2.54. The van der Waals surface area contributed by atoms with Crippen molar-refractivity contribution in [2.24, 2.45) is 11.1 Å². The lowest BCUT2D eigenvalue weighted by atomic mass is 9.79. The van der Waals surface area contributed by atoms with Crippen molar-refractivity contribution in [2.75, 3.05) is 13.1 Å². The van der Waals surface area contributed by atoms with Gasteiger partial charge in [0, 0.05) is 25.3 Å². The van der Waals surface area contributed by atoms with Crippen molar-refractivity contribution in [3.05, 3.63) is 46.2 Å². The summed E-state index contributed by atoms with van der Waals surface area (Å²) in [5, 5.41) is 5.32. The molecule has 2 heterocycles. The first-order valence-electron chi connectivity index (χ1n) is 7.84. The number of amides is 1. The van der Waals surface area contributed by atoms with Crippen molar-refractivity contribution < 1.29 is 4.79 Å². The molecule has 1 saturated heterocycles. The Morgan fingerprint density at radius 1 is 1.28 bits per heavy atom. The van der Waals surface area contributed by atoms with Gasteiger partial charge in [0.15, 0.2) is 5.69 Å². The monoisotopic (exact) mass is 402 g/mol. The number of nitrogens with two attached hydrogens (primary N) is 1. The average Bonchev–Trinajstić information content (AvgIpc) is 3.02. The zero-order chi connectivity index (χ0) is 17.5. The topological polar surface area (TPSA) is 64.2 Å². The van der Waals surface area contributed by atoms with Crippen molar-refractivity contribution in [3.8, 4) is 5.69 Å². The zero-order valence-electron chi connectivity index (χ0n) is 14.1. The van der Waals surface area contributed by atoms with Crippen LogP contribution in [0.25, 0.3) is 5.69 Å². The molecule has 1 unspecified atom stereocenters. The highest BCUT2D eigenvalue weighted by molar-refractivity contribution is 6.42. The number of likely N-dealkylation sites (tertiary alicyclic amines) is 1. The predicted octanol–water partition coefficient (Wildman–Crippen LogP) is 3.80. The number of aromatic nitrogens is 2. The highest BCUT2D eigenvalue weighted by Gasteiger charge is 2.36. The molecular weight excluding hydrogens is 383 g/mol. The van der Waals surface area contributed by atoms with Crippen molar-refractivity contribution in [1.82, 2.24) is 14.7 Å². The molecule has 1 fully saturated rings. The lowest BCUT2D eigenvalue weighted by molar-refractivity contribution is 0.0527. The van der Waals surface area contributed by atoms with Crippen LogP contribution in [0.2, 0.25) is 10.0 Å². The van der Waals surface area contributed by atoms with Gasteiger partial charge < -0.3 is 10.6 Å². The molecule has 1 aromatic heterocycles. The fourth-order valence-corrected chi connectivity index (χ4v) is 3.21. The van der Waals surface area contributed by atoms with Gasteiger partial charge in [-0.1, -0.05) is 37.0 Å². The van der Waals surface area contributed by atoms with Crippen LogP contribution in [0.1, 0.15) is 30.8 Å². The van der Waals surface area contributed by atoms with Crippen molar-refractivity contribution in [2.45, 2.75) is 26.3 Å². The van der Waals surface area contributed by atoms with Crippen molar-refractivity contribution >= 4 is 41.5 Å². The van der Waals surface area contributed by atoms with Gasteiger partial charge in [0.2, 0.25) is 0 Å². The molecule has 1 atom stereocenters. The van der Waals surface area contributed by atoms with E-state index in [1.54, 1.807) is 35.1 Å². The van der Waals surface area contributed by atoms with E-state index in [0.29, 0.717) is 28.8 Å². The van der Waals surface area contributed by atoms with Crippen LogP contribution in [0, 0.1) is 5.41 Å². The molecule has 1 aromatic carbocycles. The average molecular weight is 404 g/mol. The van der Waals surface area contributed by atoms with Gasteiger partial charge in [-0.2, -0.15) is 5.10 Å². The SMILES string of the molecule is CC1(C)CN(C(=O)c2ccn(-c3ccc(Cl)c(Cl)c3)n2)CCC1N.Cl. The molecule has 8 heteroatoms. The summed E-state index contributed by atoms with van der Waals surface area (Å²) >= 11 is 12.0. The van der Waals surface area contributed by atoms with Crippen LogP contribution in [-0.2, 0) is 0 Å². The van der Waals surface area contributed by atoms with Gasteiger partial charge in [-0.05, 0) is 36.1 Å². The van der Waals surface area contributed by atoms with E-state index in [1.165, 1.54) is 0 Å². The van der Waals surface area contributed by atoms with E-state index in [0.717, 1.165) is 12.1 Å². The fraction of sp³-hybridized carbons (Fsp3) is 0.412. The Morgan fingerprint density at radius 3 is 2.64 bits per heavy atom. The maximum atomic E-state index is 12.7.